The van der Waals surface area contributed by atoms with Crippen molar-refractivity contribution in [3.63, 3.8) is 0 Å². The number of allylic oxidation sites excluding steroid dienone is 1. The zero-order valence-electron chi connectivity index (χ0n) is 9.35. The second-order valence-electron chi connectivity index (χ2n) is 3.79. The minimum atomic E-state index is -4.29. The lowest BCUT2D eigenvalue weighted by Crippen LogP contribution is -2.23. The molecule has 94 valence electrons. The lowest BCUT2D eigenvalue weighted by Gasteiger charge is -2.25. The second-order valence-corrected chi connectivity index (χ2v) is 3.79. The van der Waals surface area contributed by atoms with Gasteiger partial charge < -0.3 is 9.47 Å². The molecule has 16 heavy (non-hydrogen) atoms. The topological polar surface area (TPSA) is 18.5 Å². The highest BCUT2D eigenvalue weighted by atomic mass is 19.4. The summed E-state index contributed by atoms with van der Waals surface area (Å²) in [7, 11) is 0. The van der Waals surface area contributed by atoms with Gasteiger partial charge in [-0.2, -0.15) is 13.2 Å². The Morgan fingerprint density at radius 3 is 2.44 bits per heavy atom. The number of ether oxygens (including phenoxy) is 2. The van der Waals surface area contributed by atoms with Crippen molar-refractivity contribution in [2.45, 2.75) is 44.9 Å². The van der Waals surface area contributed by atoms with E-state index in [4.69, 9.17) is 9.47 Å². The summed E-state index contributed by atoms with van der Waals surface area (Å²) in [6.45, 7) is 1.99. The van der Waals surface area contributed by atoms with Crippen molar-refractivity contribution < 1.29 is 22.6 Å². The summed E-state index contributed by atoms with van der Waals surface area (Å²) in [4.78, 5) is 0. The lowest BCUT2D eigenvalue weighted by atomic mass is 9.96. The molecule has 0 unspecified atom stereocenters. The monoisotopic (exact) mass is 238 g/mol. The van der Waals surface area contributed by atoms with Gasteiger partial charge in [-0.05, 0) is 25.7 Å². The van der Waals surface area contributed by atoms with Gasteiger partial charge in [0.1, 0.15) is 6.61 Å². The van der Waals surface area contributed by atoms with E-state index in [9.17, 15) is 13.2 Å². The average Bonchev–Trinajstić information content (AvgIpc) is 2.11. The van der Waals surface area contributed by atoms with Crippen LogP contribution >= 0.6 is 0 Å². The Morgan fingerprint density at radius 2 is 2.00 bits per heavy atom. The standard InChI is InChI=1S/C11H17F3O2/c1-2-9(11(12,13)14)8-15-6-7-16-10-4-3-5-10/h8,10H,2-7H2,1H3. The van der Waals surface area contributed by atoms with Crippen LogP contribution < -0.4 is 0 Å². The van der Waals surface area contributed by atoms with Crippen molar-refractivity contribution >= 4 is 0 Å². The third-order valence-corrected chi connectivity index (χ3v) is 2.58. The van der Waals surface area contributed by atoms with E-state index in [2.05, 4.69) is 0 Å². The SMILES string of the molecule is CCC(=COCCOC1CCC1)C(F)(F)F. The molecule has 0 aromatic heterocycles. The molecule has 0 radical (unpaired) electrons. The molecule has 1 aliphatic carbocycles. The van der Waals surface area contributed by atoms with Crippen molar-refractivity contribution in [3.05, 3.63) is 11.8 Å². The Hall–Kier alpha value is -0.710. The molecule has 0 aromatic rings. The van der Waals surface area contributed by atoms with Crippen molar-refractivity contribution in [2.24, 2.45) is 0 Å². The summed E-state index contributed by atoms with van der Waals surface area (Å²) in [5.41, 5.74) is -0.642. The van der Waals surface area contributed by atoms with Gasteiger partial charge >= 0.3 is 6.18 Å². The van der Waals surface area contributed by atoms with Gasteiger partial charge in [-0.1, -0.05) is 6.92 Å². The molecule has 5 heteroatoms. The van der Waals surface area contributed by atoms with Crippen molar-refractivity contribution in [2.75, 3.05) is 13.2 Å². The minimum Gasteiger partial charge on any atom is -0.498 e. The van der Waals surface area contributed by atoms with Crippen LogP contribution in [0, 0.1) is 0 Å². The van der Waals surface area contributed by atoms with Crippen LogP contribution in [0.15, 0.2) is 11.8 Å². The molecule has 1 aliphatic rings. The quantitative estimate of drug-likeness (QED) is 0.521. The van der Waals surface area contributed by atoms with Crippen LogP contribution in [0.2, 0.25) is 0 Å². The number of rotatable bonds is 6. The fraction of sp³-hybridized carbons (Fsp3) is 0.818. The summed E-state index contributed by atoms with van der Waals surface area (Å²) in [6, 6.07) is 0. The molecule has 0 atom stereocenters. The van der Waals surface area contributed by atoms with Crippen LogP contribution in [0.25, 0.3) is 0 Å². The second kappa shape index (κ2) is 6.13. The molecule has 0 aliphatic heterocycles. The summed E-state index contributed by atoms with van der Waals surface area (Å²) in [6.07, 6.45) is 0.0121. The smallest absolute Gasteiger partial charge is 0.415 e. The van der Waals surface area contributed by atoms with E-state index in [1.54, 1.807) is 0 Å². The summed E-state index contributed by atoms with van der Waals surface area (Å²) >= 11 is 0. The van der Waals surface area contributed by atoms with Crippen LogP contribution in [-0.4, -0.2) is 25.5 Å². The predicted octanol–water partition coefficient (Wildman–Crippen LogP) is 3.43. The molecule has 2 nitrogen and oxygen atoms in total. The van der Waals surface area contributed by atoms with Crippen LogP contribution in [-0.2, 0) is 9.47 Å². The fourth-order valence-electron chi connectivity index (χ4n) is 1.31. The van der Waals surface area contributed by atoms with E-state index in [1.807, 2.05) is 0 Å². The maximum absolute atomic E-state index is 12.2. The maximum Gasteiger partial charge on any atom is 0.415 e. The lowest BCUT2D eigenvalue weighted by molar-refractivity contribution is -0.0963. The van der Waals surface area contributed by atoms with Gasteiger partial charge in [-0.15, -0.1) is 0 Å². The first-order chi connectivity index (χ1) is 7.54. The molecule has 0 heterocycles. The molecule has 0 saturated heterocycles. The summed E-state index contributed by atoms with van der Waals surface area (Å²) in [5.74, 6) is 0. The molecule has 0 bridgehead atoms. The minimum absolute atomic E-state index is 0.0764. The van der Waals surface area contributed by atoms with Crippen molar-refractivity contribution in [1.29, 1.82) is 0 Å². The van der Waals surface area contributed by atoms with Gasteiger partial charge in [0, 0.05) is 0 Å². The van der Waals surface area contributed by atoms with Crippen LogP contribution in [0.3, 0.4) is 0 Å². The first kappa shape index (κ1) is 13.4. The van der Waals surface area contributed by atoms with Crippen molar-refractivity contribution in [1.82, 2.24) is 0 Å². The number of alkyl halides is 3. The van der Waals surface area contributed by atoms with Crippen LogP contribution in [0.1, 0.15) is 32.6 Å². The normalized spacial score (nSPS) is 18.4. The Kier molecular flexibility index (Phi) is 5.12. The molecule has 1 rings (SSSR count). The first-order valence-electron chi connectivity index (χ1n) is 5.53. The van der Waals surface area contributed by atoms with E-state index in [1.165, 1.54) is 13.3 Å². The molecule has 0 aromatic carbocycles. The number of hydrogen-bond acceptors (Lipinski definition) is 2. The molecule has 0 spiro atoms. The molecule has 0 N–H and O–H groups in total. The van der Waals surface area contributed by atoms with E-state index in [-0.39, 0.29) is 13.0 Å². The predicted molar refractivity (Wildman–Crippen MR) is 54.0 cm³/mol. The molecular formula is C11H17F3O2. The highest BCUT2D eigenvalue weighted by Crippen LogP contribution is 2.27. The summed E-state index contributed by atoms with van der Waals surface area (Å²) < 4.78 is 46.9. The number of halogens is 3. The van der Waals surface area contributed by atoms with Gasteiger partial charge in [-0.3, -0.25) is 0 Å². The van der Waals surface area contributed by atoms with Gasteiger partial charge in [-0.25, -0.2) is 0 Å². The van der Waals surface area contributed by atoms with Gasteiger partial charge in [0.15, 0.2) is 0 Å². The Bertz CT molecular complexity index is 232. The average molecular weight is 238 g/mol. The zero-order valence-corrected chi connectivity index (χ0v) is 9.35. The molecule has 1 saturated carbocycles. The van der Waals surface area contributed by atoms with Gasteiger partial charge in [0.05, 0.1) is 24.5 Å². The zero-order chi connectivity index (χ0) is 12.0. The largest absolute Gasteiger partial charge is 0.498 e. The Labute approximate surface area is 93.4 Å². The Morgan fingerprint density at radius 1 is 1.31 bits per heavy atom. The maximum atomic E-state index is 12.2. The fourth-order valence-corrected chi connectivity index (χ4v) is 1.31. The molecular weight excluding hydrogens is 221 g/mol. The third kappa shape index (κ3) is 4.43. The summed E-state index contributed by atoms with van der Waals surface area (Å²) in [5, 5.41) is 0. The number of hydrogen-bond donors (Lipinski definition) is 0. The molecule has 1 fully saturated rings. The van der Waals surface area contributed by atoms with Crippen LogP contribution in [0.5, 0.6) is 0 Å². The van der Waals surface area contributed by atoms with E-state index < -0.39 is 11.7 Å². The van der Waals surface area contributed by atoms with E-state index >= 15 is 0 Å². The molecule has 0 amide bonds. The third-order valence-electron chi connectivity index (χ3n) is 2.58. The van der Waals surface area contributed by atoms with Gasteiger partial charge in [0.25, 0.3) is 0 Å². The first-order valence-corrected chi connectivity index (χ1v) is 5.53. The van der Waals surface area contributed by atoms with Crippen molar-refractivity contribution in [3.8, 4) is 0 Å². The van der Waals surface area contributed by atoms with Gasteiger partial charge in [0.2, 0.25) is 0 Å². The highest BCUT2D eigenvalue weighted by molar-refractivity contribution is 5.04. The highest BCUT2D eigenvalue weighted by Gasteiger charge is 2.32. The van der Waals surface area contributed by atoms with E-state index in [0.29, 0.717) is 12.7 Å². The van der Waals surface area contributed by atoms with Crippen LogP contribution in [0.4, 0.5) is 13.2 Å². The Balaban J connectivity index is 2.13. The van der Waals surface area contributed by atoms with E-state index in [0.717, 1.165) is 19.1 Å².